The van der Waals surface area contributed by atoms with E-state index in [2.05, 4.69) is 4.72 Å². The largest absolute Gasteiger partial charge is 0.392 e. The molecule has 0 heterocycles. The van der Waals surface area contributed by atoms with E-state index in [0.29, 0.717) is 11.4 Å². The highest BCUT2D eigenvalue weighted by atomic mass is 32.2. The zero-order valence-electron chi connectivity index (χ0n) is 12.9. The van der Waals surface area contributed by atoms with Crippen LogP contribution in [0.3, 0.4) is 0 Å². The van der Waals surface area contributed by atoms with Crippen molar-refractivity contribution in [2.45, 2.75) is 71.3 Å². The highest BCUT2D eigenvalue weighted by molar-refractivity contribution is 7.89. The number of thiocarbonyl (C=S) groups is 1. The van der Waals surface area contributed by atoms with E-state index in [1.165, 1.54) is 0 Å². The number of nitrogens with two attached hydrogens (primary N) is 1. The summed E-state index contributed by atoms with van der Waals surface area (Å²) < 4.78 is 27.5. The van der Waals surface area contributed by atoms with Gasteiger partial charge in [0.2, 0.25) is 10.0 Å². The number of rotatable bonds is 5. The highest BCUT2D eigenvalue weighted by Gasteiger charge is 2.37. The zero-order chi connectivity index (χ0) is 15.4. The Morgan fingerprint density at radius 2 is 1.70 bits per heavy atom. The first-order valence-electron chi connectivity index (χ1n) is 7.38. The van der Waals surface area contributed by atoms with Gasteiger partial charge >= 0.3 is 0 Å². The van der Waals surface area contributed by atoms with Crippen molar-refractivity contribution in [2.24, 2.45) is 11.1 Å². The molecule has 1 aliphatic carbocycles. The van der Waals surface area contributed by atoms with E-state index in [1.54, 1.807) is 0 Å². The zero-order valence-corrected chi connectivity index (χ0v) is 14.5. The summed E-state index contributed by atoms with van der Waals surface area (Å²) in [6, 6.07) is 0. The van der Waals surface area contributed by atoms with E-state index in [-0.39, 0.29) is 11.2 Å². The van der Waals surface area contributed by atoms with Crippen LogP contribution in [-0.4, -0.2) is 24.7 Å². The second kappa shape index (κ2) is 6.71. The first kappa shape index (κ1) is 17.9. The standard InChI is InChI=1S/C14H28N2O2S2/c1-13(2,3)10-11-20(17,18)16-14(12(15)19)8-6-4-5-7-9-14/h16H,4-11H2,1-3H3,(H2,15,19). The Morgan fingerprint density at radius 3 is 2.10 bits per heavy atom. The molecule has 1 rings (SSSR count). The van der Waals surface area contributed by atoms with Gasteiger partial charge in [0.15, 0.2) is 0 Å². The lowest BCUT2D eigenvalue weighted by Gasteiger charge is -2.33. The first-order chi connectivity index (χ1) is 9.06. The van der Waals surface area contributed by atoms with E-state index >= 15 is 0 Å². The Kier molecular flexibility index (Phi) is 5.99. The predicted octanol–water partition coefficient (Wildman–Crippen LogP) is 2.72. The van der Waals surface area contributed by atoms with Gasteiger partial charge in [-0.3, -0.25) is 0 Å². The molecule has 0 aromatic rings. The van der Waals surface area contributed by atoms with Crippen LogP contribution < -0.4 is 10.5 Å². The van der Waals surface area contributed by atoms with Gasteiger partial charge in [-0.25, -0.2) is 13.1 Å². The second-order valence-corrected chi connectivity index (χ2v) is 9.37. The van der Waals surface area contributed by atoms with Gasteiger partial charge in [-0.05, 0) is 24.7 Å². The second-order valence-electron chi connectivity index (χ2n) is 7.09. The van der Waals surface area contributed by atoms with Crippen LogP contribution in [0.15, 0.2) is 0 Å². The molecule has 3 N–H and O–H groups in total. The first-order valence-corrected chi connectivity index (χ1v) is 9.44. The third-order valence-electron chi connectivity index (χ3n) is 3.90. The highest BCUT2D eigenvalue weighted by Crippen LogP contribution is 2.29. The SMILES string of the molecule is CC(C)(C)CCS(=O)(=O)NC1(C(N)=S)CCCCCC1. The molecule has 0 atom stereocenters. The Balaban J connectivity index is 2.81. The molecule has 1 aliphatic rings. The van der Waals surface area contributed by atoms with Crippen molar-refractivity contribution in [1.29, 1.82) is 0 Å². The van der Waals surface area contributed by atoms with Crippen molar-refractivity contribution in [3.63, 3.8) is 0 Å². The molecule has 0 spiro atoms. The third-order valence-corrected chi connectivity index (χ3v) is 5.73. The Bertz CT molecular complexity index is 431. The molecule has 0 saturated heterocycles. The average molecular weight is 321 g/mol. The fourth-order valence-corrected chi connectivity index (χ4v) is 4.73. The fraction of sp³-hybridized carbons (Fsp3) is 0.929. The molecule has 6 heteroatoms. The van der Waals surface area contributed by atoms with E-state index in [0.717, 1.165) is 38.5 Å². The Morgan fingerprint density at radius 1 is 1.20 bits per heavy atom. The van der Waals surface area contributed by atoms with Gasteiger partial charge < -0.3 is 5.73 Å². The van der Waals surface area contributed by atoms with Crippen LogP contribution in [0.1, 0.15) is 65.7 Å². The van der Waals surface area contributed by atoms with Crippen molar-refractivity contribution in [2.75, 3.05) is 5.75 Å². The van der Waals surface area contributed by atoms with Gasteiger partial charge in [0.05, 0.1) is 16.3 Å². The summed E-state index contributed by atoms with van der Waals surface area (Å²) in [5.74, 6) is 0.126. The Labute approximate surface area is 128 Å². The van der Waals surface area contributed by atoms with Gasteiger partial charge in [-0.1, -0.05) is 58.7 Å². The number of hydrogen-bond donors (Lipinski definition) is 2. The summed E-state index contributed by atoms with van der Waals surface area (Å²) >= 11 is 5.16. The van der Waals surface area contributed by atoms with E-state index in [4.69, 9.17) is 18.0 Å². The van der Waals surface area contributed by atoms with Crippen LogP contribution in [0.4, 0.5) is 0 Å². The molecule has 1 saturated carbocycles. The van der Waals surface area contributed by atoms with Gasteiger partial charge in [0, 0.05) is 0 Å². The molecular formula is C14H28N2O2S2. The molecule has 0 amide bonds. The maximum Gasteiger partial charge on any atom is 0.212 e. The summed E-state index contributed by atoms with van der Waals surface area (Å²) in [6.45, 7) is 6.12. The minimum atomic E-state index is -3.35. The summed E-state index contributed by atoms with van der Waals surface area (Å²) in [7, 11) is -3.35. The van der Waals surface area contributed by atoms with Crippen molar-refractivity contribution >= 4 is 27.2 Å². The summed E-state index contributed by atoms with van der Waals surface area (Å²) in [5, 5.41) is 0. The topological polar surface area (TPSA) is 72.2 Å². The molecule has 0 aromatic heterocycles. The molecule has 0 bridgehead atoms. The molecule has 20 heavy (non-hydrogen) atoms. The van der Waals surface area contributed by atoms with E-state index in [1.807, 2.05) is 20.8 Å². The van der Waals surface area contributed by atoms with Crippen LogP contribution in [0.2, 0.25) is 0 Å². The molecule has 0 aromatic carbocycles. The van der Waals surface area contributed by atoms with Gasteiger partial charge in [0.1, 0.15) is 0 Å². The summed E-state index contributed by atoms with van der Waals surface area (Å²) in [5.41, 5.74) is 5.15. The van der Waals surface area contributed by atoms with Crippen LogP contribution in [0, 0.1) is 5.41 Å². The molecular weight excluding hydrogens is 292 g/mol. The van der Waals surface area contributed by atoms with E-state index < -0.39 is 15.6 Å². The molecule has 0 unspecified atom stereocenters. The predicted molar refractivity (Wildman–Crippen MR) is 88.2 cm³/mol. The fourth-order valence-electron chi connectivity index (χ4n) is 2.52. The quantitative estimate of drug-likeness (QED) is 0.603. The van der Waals surface area contributed by atoms with Crippen molar-refractivity contribution in [1.82, 2.24) is 4.72 Å². The monoisotopic (exact) mass is 320 g/mol. The van der Waals surface area contributed by atoms with E-state index in [9.17, 15) is 8.42 Å². The number of sulfonamides is 1. The van der Waals surface area contributed by atoms with Crippen LogP contribution in [-0.2, 0) is 10.0 Å². The minimum absolute atomic E-state index is 0.00537. The molecule has 0 aliphatic heterocycles. The summed E-state index contributed by atoms with van der Waals surface area (Å²) in [4.78, 5) is 0.290. The summed E-state index contributed by atoms with van der Waals surface area (Å²) in [6.07, 6.45) is 6.24. The third kappa shape index (κ3) is 5.66. The van der Waals surface area contributed by atoms with Crippen LogP contribution >= 0.6 is 12.2 Å². The lowest BCUT2D eigenvalue weighted by atomic mass is 9.91. The normalized spacial score (nSPS) is 20.4. The molecule has 118 valence electrons. The molecule has 4 nitrogen and oxygen atoms in total. The van der Waals surface area contributed by atoms with Crippen LogP contribution in [0.25, 0.3) is 0 Å². The maximum absolute atomic E-state index is 12.3. The van der Waals surface area contributed by atoms with Gasteiger partial charge in [-0.15, -0.1) is 0 Å². The van der Waals surface area contributed by atoms with Gasteiger partial charge in [0.25, 0.3) is 0 Å². The number of hydrogen-bond acceptors (Lipinski definition) is 3. The maximum atomic E-state index is 12.3. The average Bonchev–Trinajstić information content (AvgIpc) is 2.52. The number of nitrogens with one attached hydrogen (secondary N) is 1. The smallest absolute Gasteiger partial charge is 0.212 e. The van der Waals surface area contributed by atoms with Crippen molar-refractivity contribution < 1.29 is 8.42 Å². The lowest BCUT2D eigenvalue weighted by molar-refractivity contribution is 0.391. The molecule has 1 fully saturated rings. The van der Waals surface area contributed by atoms with Crippen molar-refractivity contribution in [3.05, 3.63) is 0 Å². The lowest BCUT2D eigenvalue weighted by Crippen LogP contribution is -2.56. The van der Waals surface area contributed by atoms with Gasteiger partial charge in [-0.2, -0.15) is 0 Å². The molecule has 0 radical (unpaired) electrons. The van der Waals surface area contributed by atoms with Crippen LogP contribution in [0.5, 0.6) is 0 Å². The van der Waals surface area contributed by atoms with Crippen molar-refractivity contribution in [3.8, 4) is 0 Å². The Hall–Kier alpha value is -0.200. The minimum Gasteiger partial charge on any atom is -0.392 e.